The Hall–Kier alpha value is -2.91. The van der Waals surface area contributed by atoms with Crippen LogP contribution in [0.25, 0.3) is 0 Å². The quantitative estimate of drug-likeness (QED) is 0.0457. The third-order valence-electron chi connectivity index (χ3n) is 10.0. The van der Waals surface area contributed by atoms with E-state index in [9.17, 15) is 0 Å². The molecule has 4 aromatic rings. The van der Waals surface area contributed by atoms with Crippen molar-refractivity contribution in [2.75, 3.05) is 6.61 Å². The second-order valence-corrected chi connectivity index (χ2v) is 14.5. The molecule has 0 N–H and O–H groups in total. The van der Waals surface area contributed by atoms with Crippen LogP contribution in [-0.4, -0.2) is 12.7 Å². The van der Waals surface area contributed by atoms with Crippen molar-refractivity contribution in [1.29, 1.82) is 0 Å². The second kappa shape index (κ2) is 24.3. The van der Waals surface area contributed by atoms with Crippen molar-refractivity contribution in [2.24, 2.45) is 0 Å². The van der Waals surface area contributed by atoms with Gasteiger partial charge in [0.05, 0.1) is 19.3 Å². The first-order valence-corrected chi connectivity index (χ1v) is 20.3. The van der Waals surface area contributed by atoms with Gasteiger partial charge in [-0.05, 0) is 40.8 Å². The number of halogens is 1. The summed E-state index contributed by atoms with van der Waals surface area (Å²) < 4.78 is 13.8. The van der Waals surface area contributed by atoms with Crippen LogP contribution in [0.15, 0.2) is 115 Å². The summed E-state index contributed by atoms with van der Waals surface area (Å²) in [6.45, 7) is 3.30. The van der Waals surface area contributed by atoms with Gasteiger partial charge in [-0.25, -0.2) is 0 Å². The molecule has 0 aromatic heterocycles. The predicted octanol–water partition coefficient (Wildman–Crippen LogP) is 14.3. The molecular weight excluding hydrogens is 632 g/mol. The van der Waals surface area contributed by atoms with Crippen molar-refractivity contribution in [3.63, 3.8) is 0 Å². The van der Waals surface area contributed by atoms with E-state index in [0.29, 0.717) is 13.2 Å². The van der Waals surface area contributed by atoms with E-state index in [1.165, 1.54) is 103 Å². The third kappa shape index (κ3) is 14.0. The lowest BCUT2D eigenvalue weighted by Crippen LogP contribution is -2.36. The van der Waals surface area contributed by atoms with Crippen LogP contribution in [0.3, 0.4) is 0 Å². The molecule has 50 heavy (non-hydrogen) atoms. The molecule has 0 aliphatic rings. The van der Waals surface area contributed by atoms with Crippen molar-refractivity contribution in [1.82, 2.24) is 0 Å². The average Bonchev–Trinajstić information content (AvgIpc) is 3.16. The van der Waals surface area contributed by atoms with Gasteiger partial charge < -0.3 is 9.47 Å². The molecule has 270 valence electrons. The SMILES string of the molecule is CCCCCCCCCCCCCCCCCCC[C@H](COC(c1ccccc1)(c1ccccc1)c1ccccc1)OCc1cccc(Cl)c1. The molecule has 0 radical (unpaired) electrons. The van der Waals surface area contributed by atoms with Gasteiger partial charge in [-0.1, -0.05) is 231 Å². The zero-order valence-corrected chi connectivity index (χ0v) is 31.6. The molecule has 1 atom stereocenters. The lowest BCUT2D eigenvalue weighted by Gasteiger charge is -2.37. The molecule has 0 saturated heterocycles. The highest BCUT2D eigenvalue weighted by Crippen LogP contribution is 2.40. The lowest BCUT2D eigenvalue weighted by atomic mass is 9.80. The molecule has 4 rings (SSSR count). The number of rotatable bonds is 27. The molecule has 0 aliphatic carbocycles. The van der Waals surface area contributed by atoms with Crippen molar-refractivity contribution in [3.8, 4) is 0 Å². The molecule has 0 amide bonds. The molecule has 4 aromatic carbocycles. The minimum absolute atomic E-state index is 0.0409. The number of hydrogen-bond acceptors (Lipinski definition) is 2. The van der Waals surface area contributed by atoms with E-state index in [-0.39, 0.29) is 6.10 Å². The van der Waals surface area contributed by atoms with E-state index >= 15 is 0 Å². The molecule has 0 spiro atoms. The van der Waals surface area contributed by atoms with E-state index in [1.54, 1.807) is 0 Å². The highest BCUT2D eigenvalue weighted by atomic mass is 35.5. The largest absolute Gasteiger partial charge is 0.371 e. The van der Waals surface area contributed by atoms with E-state index in [4.69, 9.17) is 21.1 Å². The first-order chi connectivity index (χ1) is 24.7. The summed E-state index contributed by atoms with van der Waals surface area (Å²) in [7, 11) is 0. The Labute approximate surface area is 310 Å². The normalized spacial score (nSPS) is 12.3. The highest BCUT2D eigenvalue weighted by Gasteiger charge is 2.38. The monoisotopic (exact) mass is 694 g/mol. The topological polar surface area (TPSA) is 18.5 Å². The van der Waals surface area contributed by atoms with E-state index in [0.717, 1.165) is 40.1 Å². The van der Waals surface area contributed by atoms with Gasteiger partial charge in [-0.3, -0.25) is 0 Å². The minimum Gasteiger partial charge on any atom is -0.371 e. The Morgan fingerprint density at radius 1 is 0.500 bits per heavy atom. The van der Waals surface area contributed by atoms with Crippen LogP contribution in [0.1, 0.15) is 145 Å². The zero-order valence-electron chi connectivity index (χ0n) is 30.9. The maximum Gasteiger partial charge on any atom is 0.143 e. The van der Waals surface area contributed by atoms with Crippen LogP contribution in [0.5, 0.6) is 0 Å². The Morgan fingerprint density at radius 3 is 1.34 bits per heavy atom. The standard InChI is InChI=1S/C47H63ClO2/c1-2-3-4-5-6-7-8-9-10-11-12-13-14-15-16-17-27-37-46(49-39-41-29-28-36-45(48)38-41)40-50-47(42-30-21-18-22-31-42,43-32-23-19-24-33-43)44-34-25-20-26-35-44/h18-26,28-36,38,46H,2-17,27,37,39-40H2,1H3/t46-/m1/s1. The smallest absolute Gasteiger partial charge is 0.143 e. The maximum atomic E-state index is 7.19. The summed E-state index contributed by atoms with van der Waals surface area (Å²) in [5.74, 6) is 0. The van der Waals surface area contributed by atoms with Gasteiger partial charge in [0.25, 0.3) is 0 Å². The van der Waals surface area contributed by atoms with Crippen LogP contribution >= 0.6 is 11.6 Å². The fourth-order valence-electron chi connectivity index (χ4n) is 7.14. The highest BCUT2D eigenvalue weighted by molar-refractivity contribution is 6.30. The first-order valence-electron chi connectivity index (χ1n) is 19.9. The number of unbranched alkanes of at least 4 members (excludes halogenated alkanes) is 16. The van der Waals surface area contributed by atoms with Crippen LogP contribution < -0.4 is 0 Å². The summed E-state index contributed by atoms with van der Waals surface area (Å²) in [5, 5.41) is 0.739. The second-order valence-electron chi connectivity index (χ2n) is 14.1. The van der Waals surface area contributed by atoms with Crippen LogP contribution in [0.2, 0.25) is 5.02 Å². The van der Waals surface area contributed by atoms with E-state index in [1.807, 2.05) is 18.2 Å². The lowest BCUT2D eigenvalue weighted by molar-refractivity contribution is -0.0731. The molecule has 0 heterocycles. The third-order valence-corrected chi connectivity index (χ3v) is 10.3. The van der Waals surface area contributed by atoms with Crippen molar-refractivity contribution in [2.45, 2.75) is 141 Å². The van der Waals surface area contributed by atoms with Gasteiger partial charge >= 0.3 is 0 Å². The fourth-order valence-corrected chi connectivity index (χ4v) is 7.35. The number of ether oxygens (including phenoxy) is 2. The summed E-state index contributed by atoms with van der Waals surface area (Å²) in [6.07, 6.45) is 24.3. The van der Waals surface area contributed by atoms with Crippen LogP contribution in [-0.2, 0) is 21.7 Å². The summed E-state index contributed by atoms with van der Waals surface area (Å²) >= 11 is 6.32. The minimum atomic E-state index is -0.754. The molecule has 0 saturated carbocycles. The molecule has 0 fully saturated rings. The molecule has 0 unspecified atom stereocenters. The van der Waals surface area contributed by atoms with Crippen molar-refractivity contribution >= 4 is 11.6 Å². The average molecular weight is 695 g/mol. The van der Waals surface area contributed by atoms with E-state index < -0.39 is 5.60 Å². The molecule has 3 heteroatoms. The van der Waals surface area contributed by atoms with Gasteiger partial charge in [0.2, 0.25) is 0 Å². The fraction of sp³-hybridized carbons (Fsp3) is 0.489. The number of benzene rings is 4. The predicted molar refractivity (Wildman–Crippen MR) is 214 cm³/mol. The molecule has 2 nitrogen and oxygen atoms in total. The molecule has 0 bridgehead atoms. The summed E-state index contributed by atoms with van der Waals surface area (Å²) in [5.41, 5.74) is 3.68. The summed E-state index contributed by atoms with van der Waals surface area (Å²) in [6, 6.07) is 39.9. The van der Waals surface area contributed by atoms with Gasteiger partial charge in [0, 0.05) is 5.02 Å². The van der Waals surface area contributed by atoms with Gasteiger partial charge in [-0.2, -0.15) is 0 Å². The maximum absolute atomic E-state index is 7.19. The van der Waals surface area contributed by atoms with Crippen molar-refractivity contribution in [3.05, 3.63) is 143 Å². The van der Waals surface area contributed by atoms with Gasteiger partial charge in [0.15, 0.2) is 0 Å². The molecule has 0 aliphatic heterocycles. The van der Waals surface area contributed by atoms with Gasteiger partial charge in [0.1, 0.15) is 5.60 Å². The Balaban J connectivity index is 1.28. The van der Waals surface area contributed by atoms with Crippen LogP contribution in [0, 0.1) is 0 Å². The Bertz CT molecular complexity index is 1290. The van der Waals surface area contributed by atoms with E-state index in [2.05, 4.69) is 104 Å². The van der Waals surface area contributed by atoms with Crippen molar-refractivity contribution < 1.29 is 9.47 Å². The zero-order chi connectivity index (χ0) is 35.0. The first kappa shape index (κ1) is 39.9. The summed E-state index contributed by atoms with van der Waals surface area (Å²) in [4.78, 5) is 0. The molecular formula is C47H63ClO2. The Kier molecular flexibility index (Phi) is 19.4. The number of hydrogen-bond donors (Lipinski definition) is 0. The van der Waals surface area contributed by atoms with Gasteiger partial charge in [-0.15, -0.1) is 0 Å². The van der Waals surface area contributed by atoms with Crippen LogP contribution in [0.4, 0.5) is 0 Å². The Morgan fingerprint density at radius 2 is 0.920 bits per heavy atom.